The lowest BCUT2D eigenvalue weighted by Gasteiger charge is -2.29. The molecule has 3 heterocycles. The second-order valence-electron chi connectivity index (χ2n) is 13.5. The normalized spacial score (nSPS) is 17.1. The van der Waals surface area contributed by atoms with Crippen LogP contribution in [-0.2, 0) is 10.5 Å². The van der Waals surface area contributed by atoms with Crippen LogP contribution in [0.5, 0.6) is 28.7 Å². The van der Waals surface area contributed by atoms with Crippen molar-refractivity contribution in [1.82, 2.24) is 9.80 Å². The van der Waals surface area contributed by atoms with Gasteiger partial charge in [0.15, 0.2) is 23.0 Å². The summed E-state index contributed by atoms with van der Waals surface area (Å²) in [5, 5.41) is 19.0. The van der Waals surface area contributed by atoms with Crippen LogP contribution in [0.2, 0.25) is 5.02 Å². The lowest BCUT2D eigenvalue weighted by molar-refractivity contribution is -0.0487. The van der Waals surface area contributed by atoms with E-state index in [1.165, 1.54) is 43.4 Å². The number of ether oxygens (including phenoxy) is 4. The molecule has 2 amide bonds. The molecule has 0 bridgehead atoms. The maximum atomic E-state index is 15.2. The highest BCUT2D eigenvalue weighted by atomic mass is 35.5. The highest BCUT2D eigenvalue weighted by Gasteiger charge is 2.47. The number of aryl methyl sites for hydroxylation is 1. The van der Waals surface area contributed by atoms with Gasteiger partial charge in [-0.15, -0.1) is 0 Å². The maximum absolute atomic E-state index is 15.2. The Hall–Kier alpha value is -5.78. The minimum Gasteiger partial charge on any atom is -0.504 e. The van der Waals surface area contributed by atoms with Gasteiger partial charge in [0.25, 0.3) is 11.8 Å². The number of rotatable bonds is 5. The van der Waals surface area contributed by atoms with Crippen molar-refractivity contribution in [2.45, 2.75) is 32.0 Å². The Morgan fingerprint density at radius 1 is 0.714 bits per heavy atom. The maximum Gasteiger partial charge on any atom is 0.308 e. The fourth-order valence-electron chi connectivity index (χ4n) is 6.50. The highest BCUT2D eigenvalue weighted by Crippen LogP contribution is 2.49. The molecule has 0 spiro atoms. The summed E-state index contributed by atoms with van der Waals surface area (Å²) in [4.78, 5) is 28.5. The molecule has 12 heteroatoms. The standard InChI is InChI=1S/C25H21ClFNO5.C12H15NO3.C7H8/c1-30-19-7-8-20(21(27)15-19)25(17-3-5-18(26)6-4-17)32-22-9-2-16(14-23(22)33-25)24(29)28-10-12-31-13-11-28;14-10-5-4-9(8-11(10)15)12(16)13-6-2-1-3-7-13;1-7-5-3-2-4-6-7/h2-9,14-15H,10-13H2,1H3;4-5,8,14-15H,1-3,6-7H2;2-6H,1H3. The van der Waals surface area contributed by atoms with E-state index < -0.39 is 11.6 Å². The molecule has 0 saturated carbocycles. The zero-order valence-corrected chi connectivity index (χ0v) is 32.0. The van der Waals surface area contributed by atoms with E-state index in [9.17, 15) is 14.7 Å². The summed E-state index contributed by atoms with van der Waals surface area (Å²) in [5.74, 6) is -1.67. The number of morpholine rings is 1. The third-order valence-electron chi connectivity index (χ3n) is 9.56. The SMILES string of the molecule is COc1ccc(C2(c3ccc(Cl)cc3)Oc3ccc(C(=O)N4CCOCC4)cc3O2)c(F)c1.Cc1ccccc1.O=C(c1ccc(O)c(O)c1)N1CCCCC1. The van der Waals surface area contributed by atoms with Crippen LogP contribution in [0.3, 0.4) is 0 Å². The molecule has 2 saturated heterocycles. The van der Waals surface area contributed by atoms with Crippen LogP contribution in [0.4, 0.5) is 4.39 Å². The van der Waals surface area contributed by atoms with Gasteiger partial charge in [-0.2, -0.15) is 0 Å². The van der Waals surface area contributed by atoms with Crippen molar-refractivity contribution in [2.24, 2.45) is 0 Å². The summed E-state index contributed by atoms with van der Waals surface area (Å²) in [6.07, 6.45) is 3.25. The van der Waals surface area contributed by atoms with E-state index in [0.29, 0.717) is 65.3 Å². The van der Waals surface area contributed by atoms with Crippen molar-refractivity contribution in [3.63, 3.8) is 0 Å². The van der Waals surface area contributed by atoms with E-state index in [-0.39, 0.29) is 28.9 Å². The van der Waals surface area contributed by atoms with Crippen LogP contribution in [0.15, 0.2) is 109 Å². The zero-order valence-electron chi connectivity index (χ0n) is 31.3. The summed E-state index contributed by atoms with van der Waals surface area (Å²) < 4.78 is 38.2. The van der Waals surface area contributed by atoms with Crippen LogP contribution < -0.4 is 14.2 Å². The number of benzene rings is 5. The molecule has 56 heavy (non-hydrogen) atoms. The summed E-state index contributed by atoms with van der Waals surface area (Å²) in [7, 11) is 1.47. The molecule has 8 rings (SSSR count). The Balaban J connectivity index is 0.000000190. The minimum atomic E-state index is -1.59. The quantitative estimate of drug-likeness (QED) is 0.171. The van der Waals surface area contributed by atoms with Crippen LogP contribution in [0, 0.1) is 12.7 Å². The number of methoxy groups -OCH3 is 1. The predicted octanol–water partition coefficient (Wildman–Crippen LogP) is 8.35. The number of carbonyl (C=O) groups is 2. The van der Waals surface area contributed by atoms with Gasteiger partial charge in [-0.05, 0) is 99.0 Å². The number of fused-ring (bicyclic) bond motifs is 1. The topological polar surface area (TPSA) is 118 Å². The Morgan fingerprint density at radius 3 is 1.95 bits per heavy atom. The van der Waals surface area contributed by atoms with E-state index in [0.717, 1.165) is 25.9 Å². The highest BCUT2D eigenvalue weighted by molar-refractivity contribution is 6.30. The Bertz CT molecular complexity index is 2120. The van der Waals surface area contributed by atoms with Gasteiger partial charge in [0.05, 0.1) is 25.9 Å². The third-order valence-corrected chi connectivity index (χ3v) is 9.81. The lowest BCUT2D eigenvalue weighted by Crippen LogP contribution is -2.40. The van der Waals surface area contributed by atoms with Crippen LogP contribution in [-0.4, -0.2) is 78.3 Å². The Labute approximate surface area is 330 Å². The molecule has 2 fully saturated rings. The van der Waals surface area contributed by atoms with Crippen molar-refractivity contribution in [1.29, 1.82) is 0 Å². The van der Waals surface area contributed by atoms with E-state index in [4.69, 9.17) is 35.7 Å². The third kappa shape index (κ3) is 9.35. The van der Waals surface area contributed by atoms with Gasteiger partial charge in [0.1, 0.15) is 11.6 Å². The van der Waals surface area contributed by atoms with E-state index >= 15 is 4.39 Å². The molecule has 2 N–H and O–H groups in total. The van der Waals surface area contributed by atoms with Crippen LogP contribution >= 0.6 is 11.6 Å². The van der Waals surface area contributed by atoms with Gasteiger partial charge in [-0.1, -0.05) is 47.5 Å². The van der Waals surface area contributed by atoms with Crippen LogP contribution in [0.1, 0.15) is 56.7 Å². The first-order valence-electron chi connectivity index (χ1n) is 18.4. The smallest absolute Gasteiger partial charge is 0.308 e. The number of phenols is 2. The van der Waals surface area contributed by atoms with Crippen molar-refractivity contribution >= 4 is 23.4 Å². The Kier molecular flexibility index (Phi) is 13.0. The number of nitrogens with zero attached hydrogens (tertiary/aromatic N) is 2. The molecule has 10 nitrogen and oxygen atoms in total. The van der Waals surface area contributed by atoms with E-state index in [1.54, 1.807) is 64.4 Å². The first-order valence-corrected chi connectivity index (χ1v) is 18.8. The summed E-state index contributed by atoms with van der Waals surface area (Å²) in [6, 6.07) is 30.7. The number of hydrogen-bond donors (Lipinski definition) is 2. The minimum absolute atomic E-state index is 0.0741. The van der Waals surface area contributed by atoms with E-state index in [2.05, 4.69) is 19.1 Å². The van der Waals surface area contributed by atoms with Gasteiger partial charge in [-0.25, -0.2) is 4.39 Å². The summed E-state index contributed by atoms with van der Waals surface area (Å²) in [6.45, 7) is 5.71. The zero-order chi connectivity index (χ0) is 39.7. The average Bonchev–Trinajstić information content (AvgIpc) is 3.62. The predicted molar refractivity (Wildman–Crippen MR) is 210 cm³/mol. The molecule has 1 atom stereocenters. The van der Waals surface area contributed by atoms with E-state index in [1.807, 2.05) is 18.2 Å². The second kappa shape index (κ2) is 18.2. The number of piperidine rings is 1. The van der Waals surface area contributed by atoms with Crippen molar-refractivity contribution in [3.05, 3.63) is 148 Å². The molecule has 3 aliphatic heterocycles. The fraction of sp³-hybridized carbons (Fsp3) is 0.273. The molecule has 3 aliphatic rings. The number of hydrogen-bond acceptors (Lipinski definition) is 8. The second-order valence-corrected chi connectivity index (χ2v) is 13.9. The van der Waals surface area contributed by atoms with Gasteiger partial charge < -0.3 is 39.0 Å². The molecule has 0 aliphatic carbocycles. The number of phenolic OH excluding ortho intramolecular Hbond substituents is 2. The Morgan fingerprint density at radius 2 is 1.34 bits per heavy atom. The van der Waals surface area contributed by atoms with Gasteiger partial charge in [0, 0.05) is 54.0 Å². The van der Waals surface area contributed by atoms with Gasteiger partial charge in [-0.3, -0.25) is 9.59 Å². The monoisotopic (exact) mass is 782 g/mol. The molecule has 0 aromatic heterocycles. The molecule has 5 aromatic carbocycles. The molecular weight excluding hydrogens is 739 g/mol. The first-order chi connectivity index (χ1) is 27.1. The molecule has 0 radical (unpaired) electrons. The summed E-state index contributed by atoms with van der Waals surface area (Å²) in [5.41, 5.74) is 2.93. The molecule has 5 aromatic rings. The number of amides is 2. The van der Waals surface area contributed by atoms with Crippen LogP contribution in [0.25, 0.3) is 0 Å². The first kappa shape index (κ1) is 39.9. The molecular formula is C44H44ClFN2O8. The number of halogens is 2. The van der Waals surface area contributed by atoms with Gasteiger partial charge in [0.2, 0.25) is 0 Å². The van der Waals surface area contributed by atoms with Crippen molar-refractivity contribution in [3.8, 4) is 28.7 Å². The number of carbonyl (C=O) groups excluding carboxylic acids is 2. The number of likely N-dealkylation sites (tertiary alicyclic amines) is 1. The lowest BCUT2D eigenvalue weighted by atomic mass is 9.96. The molecule has 292 valence electrons. The van der Waals surface area contributed by atoms with Crippen molar-refractivity contribution < 1.29 is 43.1 Å². The van der Waals surface area contributed by atoms with Gasteiger partial charge >= 0.3 is 5.79 Å². The number of aromatic hydroxyl groups is 2. The largest absolute Gasteiger partial charge is 0.504 e. The van der Waals surface area contributed by atoms with Crippen molar-refractivity contribution in [2.75, 3.05) is 46.5 Å². The molecule has 1 unspecified atom stereocenters. The summed E-state index contributed by atoms with van der Waals surface area (Å²) >= 11 is 6.08. The average molecular weight is 783 g/mol. The fourth-order valence-corrected chi connectivity index (χ4v) is 6.62.